The molecule has 6 rings (SSSR count). The predicted octanol–water partition coefficient (Wildman–Crippen LogP) is 7.16. The Hall–Kier alpha value is -3.98. The summed E-state index contributed by atoms with van der Waals surface area (Å²) in [5.41, 5.74) is 2.02. The van der Waals surface area contributed by atoms with Gasteiger partial charge in [0.25, 0.3) is 0 Å². The maximum Gasteiger partial charge on any atom is 0.498 e. The van der Waals surface area contributed by atoms with Gasteiger partial charge in [-0.25, -0.2) is 0 Å². The van der Waals surface area contributed by atoms with E-state index in [0.29, 0.717) is 17.6 Å². The monoisotopic (exact) mass is 616 g/mol. The van der Waals surface area contributed by atoms with Crippen molar-refractivity contribution in [3.05, 3.63) is 162 Å². The second kappa shape index (κ2) is 14.2. The Kier molecular flexibility index (Phi) is 9.88. The molecule has 2 heterocycles. The first kappa shape index (κ1) is 32.0. The van der Waals surface area contributed by atoms with E-state index >= 15 is 0 Å². The minimum absolute atomic E-state index is 0.447. The summed E-state index contributed by atoms with van der Waals surface area (Å²) in [5.74, 6) is 0.447. The van der Waals surface area contributed by atoms with Crippen LogP contribution in [0.1, 0.15) is 60.3 Å². The largest absolute Gasteiger partial charge is 0.498 e. The molecular weight excluding hydrogens is 575 g/mol. The van der Waals surface area contributed by atoms with Crippen molar-refractivity contribution in [2.24, 2.45) is 0 Å². The molecule has 1 aliphatic rings. The van der Waals surface area contributed by atoms with Crippen LogP contribution in [-0.4, -0.2) is 38.7 Å². The van der Waals surface area contributed by atoms with Gasteiger partial charge < -0.3 is 28.3 Å². The number of rotatable bonds is 13. The topological polar surface area (TPSA) is 70.3 Å². The number of ether oxygens (including phenoxy) is 2. The minimum Gasteiger partial charge on any atom is -0.467 e. The van der Waals surface area contributed by atoms with Crippen molar-refractivity contribution >= 4 is 12.6 Å². The molecule has 7 heteroatoms. The maximum absolute atomic E-state index is 11.2. The summed E-state index contributed by atoms with van der Waals surface area (Å²) >= 11 is 0. The number of unbranched alkanes of at least 4 members (excludes halogenated alkanes) is 1. The number of furan rings is 1. The fourth-order valence-corrected chi connectivity index (χ4v) is 6.97. The fourth-order valence-electron chi connectivity index (χ4n) is 6.97. The molecule has 5 aromatic rings. The molecule has 6 nitrogen and oxygen atoms in total. The van der Waals surface area contributed by atoms with E-state index < -0.39 is 36.6 Å². The van der Waals surface area contributed by atoms with E-state index in [-0.39, 0.29) is 0 Å². The van der Waals surface area contributed by atoms with Gasteiger partial charge in [0.1, 0.15) is 35.3 Å². The highest BCUT2D eigenvalue weighted by molar-refractivity contribution is 6.62. The normalized spacial score (nSPS) is 17.7. The molecular formula is C39H41BO6. The third-order valence-corrected chi connectivity index (χ3v) is 9.19. The van der Waals surface area contributed by atoms with Crippen LogP contribution in [-0.2, 0) is 30.0 Å². The average Bonchev–Trinajstić information content (AvgIpc) is 3.79. The van der Waals surface area contributed by atoms with E-state index in [4.69, 9.17) is 23.2 Å². The Morgan fingerprint density at radius 3 is 1.39 bits per heavy atom. The number of hydrogen-bond donors (Lipinski definition) is 1. The lowest BCUT2D eigenvalue weighted by molar-refractivity contribution is -0.136. The molecule has 1 saturated heterocycles. The van der Waals surface area contributed by atoms with Crippen molar-refractivity contribution < 1.29 is 28.3 Å². The molecule has 0 bridgehead atoms. The van der Waals surface area contributed by atoms with Crippen LogP contribution in [0, 0.1) is 0 Å². The summed E-state index contributed by atoms with van der Waals surface area (Å²) in [7, 11) is 2.54. The SMILES string of the molecule is CCCC[C@H](O)c1occc1B1O[C@@H](C(OC)(c2ccccc2)c2ccccc2)[C@H](C(OC)(c2ccccc2)c2ccccc2)O1. The van der Waals surface area contributed by atoms with Crippen LogP contribution < -0.4 is 5.46 Å². The number of hydrogen-bond acceptors (Lipinski definition) is 6. The van der Waals surface area contributed by atoms with E-state index in [1.54, 1.807) is 20.5 Å². The first-order valence-electron chi connectivity index (χ1n) is 16.0. The van der Waals surface area contributed by atoms with Crippen LogP contribution in [0.5, 0.6) is 0 Å². The molecule has 46 heavy (non-hydrogen) atoms. The van der Waals surface area contributed by atoms with E-state index in [2.05, 4.69) is 55.5 Å². The summed E-state index contributed by atoms with van der Waals surface area (Å²) in [6.07, 6.45) is 1.70. The van der Waals surface area contributed by atoms with Crippen molar-refractivity contribution in [2.45, 2.75) is 55.7 Å². The third kappa shape index (κ3) is 5.63. The first-order valence-corrected chi connectivity index (χ1v) is 16.0. The Labute approximate surface area is 272 Å². The summed E-state index contributed by atoms with van der Waals surface area (Å²) in [6, 6.07) is 42.3. The van der Waals surface area contributed by atoms with Crippen molar-refractivity contribution in [3.63, 3.8) is 0 Å². The Balaban J connectivity index is 1.61. The van der Waals surface area contributed by atoms with E-state index in [1.165, 1.54) is 0 Å². The van der Waals surface area contributed by atoms with Gasteiger partial charge in [-0.2, -0.15) is 0 Å². The van der Waals surface area contributed by atoms with E-state index in [1.807, 2.05) is 78.9 Å². The lowest BCUT2D eigenvalue weighted by Crippen LogP contribution is -2.56. The van der Waals surface area contributed by atoms with Gasteiger partial charge in [0, 0.05) is 19.7 Å². The molecule has 0 radical (unpaired) electrons. The van der Waals surface area contributed by atoms with Gasteiger partial charge in [-0.1, -0.05) is 141 Å². The van der Waals surface area contributed by atoms with Crippen LogP contribution >= 0.6 is 0 Å². The standard InChI is InChI=1S/C39H41BO6/c1-4-5-26-34(41)35-33(27-28-44-35)40-45-36(38(42-2,29-18-10-6-11-19-29)30-20-12-7-13-21-30)37(46-40)39(43-3,31-22-14-8-15-23-31)32-24-16-9-17-25-32/h6-25,27-28,34,36-37,41H,4-5,26H2,1-3H3/t34-,36+,37+/m0/s1. The predicted molar refractivity (Wildman–Crippen MR) is 180 cm³/mol. The molecule has 0 unspecified atom stereocenters. The summed E-state index contributed by atoms with van der Waals surface area (Å²) in [5, 5.41) is 11.2. The zero-order valence-corrected chi connectivity index (χ0v) is 26.6. The summed E-state index contributed by atoms with van der Waals surface area (Å²) in [4.78, 5) is 0. The lowest BCUT2D eigenvalue weighted by Gasteiger charge is -2.46. The lowest BCUT2D eigenvalue weighted by atomic mass is 9.71. The number of aliphatic hydroxyl groups excluding tert-OH is 1. The van der Waals surface area contributed by atoms with E-state index in [0.717, 1.165) is 35.1 Å². The molecule has 0 saturated carbocycles. The van der Waals surface area contributed by atoms with Gasteiger partial charge in [0.2, 0.25) is 0 Å². The molecule has 1 fully saturated rings. The molecule has 0 amide bonds. The van der Waals surface area contributed by atoms with Crippen LogP contribution in [0.3, 0.4) is 0 Å². The molecule has 0 aliphatic carbocycles. The quantitative estimate of drug-likeness (QED) is 0.142. The smallest absolute Gasteiger partial charge is 0.467 e. The van der Waals surface area contributed by atoms with Gasteiger partial charge in [-0.05, 0) is 34.7 Å². The molecule has 1 aromatic heterocycles. The summed E-state index contributed by atoms with van der Waals surface area (Å²) < 4.78 is 33.6. The van der Waals surface area contributed by atoms with E-state index in [9.17, 15) is 5.11 Å². The van der Waals surface area contributed by atoms with Crippen molar-refractivity contribution in [2.75, 3.05) is 14.2 Å². The first-order chi connectivity index (χ1) is 22.6. The van der Waals surface area contributed by atoms with Gasteiger partial charge >= 0.3 is 7.12 Å². The van der Waals surface area contributed by atoms with Gasteiger partial charge in [0.05, 0.1) is 6.26 Å². The van der Waals surface area contributed by atoms with Gasteiger partial charge in [-0.3, -0.25) is 0 Å². The minimum atomic E-state index is -1.12. The molecule has 0 spiro atoms. The Morgan fingerprint density at radius 2 is 1.04 bits per heavy atom. The van der Waals surface area contributed by atoms with Crippen LogP contribution in [0.2, 0.25) is 0 Å². The molecule has 4 aromatic carbocycles. The Bertz CT molecular complexity index is 1470. The zero-order chi connectivity index (χ0) is 32.0. The molecule has 1 N–H and O–H groups in total. The second-order valence-corrected chi connectivity index (χ2v) is 11.7. The average molecular weight is 617 g/mol. The third-order valence-electron chi connectivity index (χ3n) is 9.19. The van der Waals surface area contributed by atoms with Gasteiger partial charge in [0.15, 0.2) is 0 Å². The van der Waals surface area contributed by atoms with Gasteiger partial charge in [-0.15, -0.1) is 0 Å². The van der Waals surface area contributed by atoms with Crippen LogP contribution in [0.15, 0.2) is 138 Å². The van der Waals surface area contributed by atoms with Crippen LogP contribution in [0.4, 0.5) is 0 Å². The Morgan fingerprint density at radius 1 is 0.652 bits per heavy atom. The molecule has 3 atom stereocenters. The zero-order valence-electron chi connectivity index (χ0n) is 26.6. The van der Waals surface area contributed by atoms with Crippen molar-refractivity contribution in [1.82, 2.24) is 0 Å². The highest BCUT2D eigenvalue weighted by atomic mass is 16.7. The summed E-state index contributed by atoms with van der Waals surface area (Å²) in [6.45, 7) is 2.10. The number of aliphatic hydroxyl groups is 1. The molecule has 1 aliphatic heterocycles. The highest BCUT2D eigenvalue weighted by Crippen LogP contribution is 2.50. The number of benzene rings is 4. The highest BCUT2D eigenvalue weighted by Gasteiger charge is 2.62. The fraction of sp³-hybridized carbons (Fsp3) is 0.282. The maximum atomic E-state index is 11.2. The second-order valence-electron chi connectivity index (χ2n) is 11.7. The van der Waals surface area contributed by atoms with Crippen molar-refractivity contribution in [3.8, 4) is 0 Å². The number of methoxy groups -OCH3 is 2. The van der Waals surface area contributed by atoms with Crippen LogP contribution in [0.25, 0.3) is 0 Å². The van der Waals surface area contributed by atoms with Crippen molar-refractivity contribution in [1.29, 1.82) is 0 Å². The molecule has 236 valence electrons.